The van der Waals surface area contributed by atoms with Crippen molar-refractivity contribution in [2.75, 3.05) is 0 Å². The molecule has 3 heterocycles. The molecule has 3 nitrogen and oxygen atoms in total. The van der Waals surface area contributed by atoms with Crippen molar-refractivity contribution < 1.29 is 31.1 Å². The molecule has 11 rings (SSSR count). The summed E-state index contributed by atoms with van der Waals surface area (Å²) in [6.45, 7) is 0. The zero-order valence-electron chi connectivity index (χ0n) is 30.9. The van der Waals surface area contributed by atoms with Gasteiger partial charge in [0.1, 0.15) is 0 Å². The summed E-state index contributed by atoms with van der Waals surface area (Å²) >= 11 is 0. The van der Waals surface area contributed by atoms with E-state index in [0.29, 0.717) is 0 Å². The summed E-state index contributed by atoms with van der Waals surface area (Å²) in [5.74, 6) is 0. The molecule has 264 valence electrons. The topological polar surface area (TPSA) is 22.8 Å². The first-order chi connectivity index (χ1) is 27.8. The van der Waals surface area contributed by atoms with Gasteiger partial charge in [-0.05, 0) is 53.2 Å². The van der Waals surface area contributed by atoms with Gasteiger partial charge in [-0.2, -0.15) is 30.3 Å². The number of para-hydroxylation sites is 4. The molecule has 0 unspecified atom stereocenters. The van der Waals surface area contributed by atoms with Crippen LogP contribution in [0.25, 0.3) is 99.8 Å². The van der Waals surface area contributed by atoms with Crippen molar-refractivity contribution in [2.24, 2.45) is 0 Å². The van der Waals surface area contributed by atoms with E-state index in [0.717, 1.165) is 78.2 Å². The van der Waals surface area contributed by atoms with Gasteiger partial charge in [0, 0.05) is 38.1 Å². The largest absolute Gasteiger partial charge is 2.00 e. The summed E-state index contributed by atoms with van der Waals surface area (Å²) < 4.78 is 4.77. The van der Waals surface area contributed by atoms with Gasteiger partial charge >= 0.3 is 31.1 Å². The van der Waals surface area contributed by atoms with E-state index in [4.69, 9.17) is 4.98 Å². The number of nitrogens with zero attached hydrogens (tertiary/aromatic N) is 3. The van der Waals surface area contributed by atoms with E-state index < -0.39 is 0 Å². The van der Waals surface area contributed by atoms with Crippen LogP contribution in [0.2, 0.25) is 0 Å². The fourth-order valence-electron chi connectivity index (χ4n) is 8.42. The molecule has 0 amide bonds. The standard InChI is InChI=1S/C53H33N3.U/c1-4-18-36(19-5-1)39-32-47(38-22-8-3-9-23-38)54-48(33-39)46-35-40(55-49-28-14-10-24-41(49)42-25-11-15-29-50(42)55)34-45(37-20-6-2-7-21-37)53(46)56-51-30-16-12-26-43(51)44-27-13-17-31-52(44)56;/h1-20,22-33,35H;/q-2;+2. The molecule has 0 saturated heterocycles. The number of hydrogen-bond acceptors (Lipinski definition) is 1. The molecule has 0 atom stereocenters. The first kappa shape index (κ1) is 35.0. The Morgan fingerprint density at radius 2 is 0.877 bits per heavy atom. The predicted octanol–water partition coefficient (Wildman–Crippen LogP) is 13.5. The van der Waals surface area contributed by atoms with Crippen LogP contribution in [0.3, 0.4) is 0 Å². The van der Waals surface area contributed by atoms with Crippen LogP contribution < -0.4 is 0 Å². The molecule has 0 bridgehead atoms. The number of benzene rings is 8. The van der Waals surface area contributed by atoms with Gasteiger partial charge in [0.25, 0.3) is 0 Å². The normalized spacial score (nSPS) is 11.4. The molecule has 0 saturated carbocycles. The minimum atomic E-state index is 0. The van der Waals surface area contributed by atoms with Gasteiger partial charge in [-0.3, -0.25) is 0 Å². The molecular weight excluding hydrogens is 917 g/mol. The molecule has 0 aliphatic rings. The Morgan fingerprint density at radius 1 is 0.404 bits per heavy atom. The number of aromatic nitrogens is 3. The predicted molar refractivity (Wildman–Crippen MR) is 232 cm³/mol. The van der Waals surface area contributed by atoms with Gasteiger partial charge in [0.05, 0.1) is 22.4 Å². The number of rotatable bonds is 6. The Morgan fingerprint density at radius 3 is 1.42 bits per heavy atom. The molecule has 0 radical (unpaired) electrons. The third-order valence-electron chi connectivity index (χ3n) is 10.9. The number of pyridine rings is 1. The number of fused-ring (bicyclic) bond motifs is 6. The van der Waals surface area contributed by atoms with Crippen LogP contribution >= 0.6 is 0 Å². The van der Waals surface area contributed by atoms with Crippen LogP contribution in [0.15, 0.2) is 200 Å². The van der Waals surface area contributed by atoms with E-state index in [2.05, 4.69) is 209 Å². The van der Waals surface area contributed by atoms with E-state index >= 15 is 0 Å². The summed E-state index contributed by atoms with van der Waals surface area (Å²) in [6, 6.07) is 78.5. The second-order valence-corrected chi connectivity index (χ2v) is 14.2. The van der Waals surface area contributed by atoms with Crippen molar-refractivity contribution in [2.45, 2.75) is 0 Å². The molecule has 8 aromatic carbocycles. The van der Waals surface area contributed by atoms with Crippen LogP contribution in [0.5, 0.6) is 0 Å². The maximum atomic E-state index is 5.57. The first-order valence-electron chi connectivity index (χ1n) is 19.0. The zero-order valence-corrected chi connectivity index (χ0v) is 35.1. The first-order valence-corrected chi connectivity index (χ1v) is 19.0. The van der Waals surface area contributed by atoms with E-state index in [1.807, 2.05) is 12.1 Å². The maximum absolute atomic E-state index is 5.57. The van der Waals surface area contributed by atoms with E-state index in [1.54, 1.807) is 0 Å². The quantitative estimate of drug-likeness (QED) is 0.152. The SMILES string of the molecule is [U+2].[c-]1ccccc1-c1[c-]c(-n2c3ccccc3c3ccccc32)cc(-c2cc(-c3ccccc3)cc(-c3ccccc3)n2)c1-n1c2ccccc2c2ccccc21. The van der Waals surface area contributed by atoms with Crippen molar-refractivity contribution in [3.8, 4) is 56.1 Å². The minimum Gasteiger partial charge on any atom is -0.359 e. The van der Waals surface area contributed by atoms with Gasteiger partial charge in [0.15, 0.2) is 0 Å². The number of hydrogen-bond donors (Lipinski definition) is 0. The summed E-state index contributed by atoms with van der Waals surface area (Å²) in [5, 5.41) is 4.79. The van der Waals surface area contributed by atoms with Crippen molar-refractivity contribution in [1.29, 1.82) is 0 Å². The van der Waals surface area contributed by atoms with E-state index in [9.17, 15) is 0 Å². The van der Waals surface area contributed by atoms with Crippen LogP contribution in [0, 0.1) is 43.2 Å². The van der Waals surface area contributed by atoms with E-state index in [1.165, 1.54) is 21.5 Å². The van der Waals surface area contributed by atoms with Gasteiger partial charge in [-0.1, -0.05) is 145 Å². The second-order valence-electron chi connectivity index (χ2n) is 14.2. The van der Waals surface area contributed by atoms with Crippen LogP contribution in [-0.2, 0) is 0 Å². The van der Waals surface area contributed by atoms with Crippen molar-refractivity contribution in [1.82, 2.24) is 14.1 Å². The minimum absolute atomic E-state index is 0. The molecule has 11 aromatic rings. The fourth-order valence-corrected chi connectivity index (χ4v) is 8.42. The van der Waals surface area contributed by atoms with Gasteiger partial charge in [-0.15, -0.1) is 12.1 Å². The Balaban J connectivity index is 0.00000396. The second kappa shape index (κ2) is 14.6. The molecule has 0 fully saturated rings. The monoisotopic (exact) mass is 949 g/mol. The Kier molecular flexibility index (Phi) is 8.95. The molecule has 57 heavy (non-hydrogen) atoms. The average Bonchev–Trinajstić information content (AvgIpc) is 3.80. The van der Waals surface area contributed by atoms with Crippen molar-refractivity contribution >= 4 is 43.6 Å². The Labute approximate surface area is 354 Å². The third-order valence-corrected chi connectivity index (χ3v) is 10.9. The summed E-state index contributed by atoms with van der Waals surface area (Å²) in [5.41, 5.74) is 14.4. The average molecular weight is 950 g/mol. The van der Waals surface area contributed by atoms with Crippen molar-refractivity contribution in [3.63, 3.8) is 0 Å². The van der Waals surface area contributed by atoms with Gasteiger partial charge in [-0.25, -0.2) is 16.1 Å². The molecular formula is C53H33N3U. The molecule has 3 aromatic heterocycles. The fraction of sp³-hybridized carbons (Fsp3) is 0. The van der Waals surface area contributed by atoms with Crippen LogP contribution in [-0.4, -0.2) is 14.1 Å². The Hall–Kier alpha value is -6.44. The molecule has 0 spiro atoms. The smallest absolute Gasteiger partial charge is 0.359 e. The Bertz CT molecular complexity index is 3070. The van der Waals surface area contributed by atoms with Crippen molar-refractivity contribution in [3.05, 3.63) is 212 Å². The summed E-state index contributed by atoms with van der Waals surface area (Å²) in [7, 11) is 0. The van der Waals surface area contributed by atoms with Gasteiger partial charge < -0.3 is 9.13 Å². The maximum Gasteiger partial charge on any atom is 2.00 e. The zero-order chi connectivity index (χ0) is 37.0. The van der Waals surface area contributed by atoms with Crippen LogP contribution in [0.4, 0.5) is 0 Å². The molecule has 4 heteroatoms. The van der Waals surface area contributed by atoms with Gasteiger partial charge in [0.2, 0.25) is 0 Å². The van der Waals surface area contributed by atoms with Crippen LogP contribution in [0.1, 0.15) is 0 Å². The molecule has 0 aliphatic heterocycles. The van der Waals surface area contributed by atoms with E-state index in [-0.39, 0.29) is 31.1 Å². The summed E-state index contributed by atoms with van der Waals surface area (Å²) in [6.07, 6.45) is 0. The third kappa shape index (κ3) is 5.92. The summed E-state index contributed by atoms with van der Waals surface area (Å²) in [4.78, 5) is 5.57. The molecule has 0 N–H and O–H groups in total. The molecule has 0 aliphatic carbocycles.